The topological polar surface area (TPSA) is 53.4 Å². The highest BCUT2D eigenvalue weighted by Gasteiger charge is 2.32. The Kier molecular flexibility index (Phi) is 3.90. The van der Waals surface area contributed by atoms with Gasteiger partial charge >= 0.3 is 5.97 Å². The van der Waals surface area contributed by atoms with Gasteiger partial charge < -0.3 is 10.0 Å². The molecule has 18 heavy (non-hydrogen) atoms. The van der Waals surface area contributed by atoms with Gasteiger partial charge in [0.2, 0.25) is 0 Å². The second-order valence-corrected chi connectivity index (χ2v) is 6.40. The van der Waals surface area contributed by atoms with Gasteiger partial charge in [-0.15, -0.1) is 11.3 Å². The maximum atomic E-state index is 11.1. The van der Waals surface area contributed by atoms with Crippen LogP contribution in [0.3, 0.4) is 0 Å². The van der Waals surface area contributed by atoms with E-state index in [0.717, 1.165) is 35.1 Å². The average molecular weight is 268 g/mol. The number of carboxylic acids is 1. The summed E-state index contributed by atoms with van der Waals surface area (Å²) in [5.41, 5.74) is 0.805. The fourth-order valence-corrected chi connectivity index (χ4v) is 3.29. The van der Waals surface area contributed by atoms with Crippen molar-refractivity contribution in [1.29, 1.82) is 0 Å². The molecule has 0 aliphatic heterocycles. The van der Waals surface area contributed by atoms with E-state index in [1.54, 1.807) is 11.3 Å². The summed E-state index contributed by atoms with van der Waals surface area (Å²) in [5, 5.41) is 10.1. The highest BCUT2D eigenvalue weighted by Crippen LogP contribution is 2.39. The molecule has 2 rings (SSSR count). The summed E-state index contributed by atoms with van der Waals surface area (Å²) in [6, 6.07) is 0. The third-order valence-corrected chi connectivity index (χ3v) is 4.62. The molecule has 0 saturated carbocycles. The predicted molar refractivity (Wildman–Crippen MR) is 73.5 cm³/mol. The summed E-state index contributed by atoms with van der Waals surface area (Å²) in [5.74, 6) is -0.454. The molecule has 1 aromatic heterocycles. The average Bonchev–Trinajstić information content (AvgIpc) is 2.83. The molecule has 0 fully saturated rings. The molecule has 4 nitrogen and oxygen atoms in total. The Balaban J connectivity index is 2.08. The van der Waals surface area contributed by atoms with Crippen molar-refractivity contribution >= 4 is 22.4 Å². The number of aliphatic carboxylic acids is 1. The third-order valence-electron chi connectivity index (χ3n) is 3.37. The summed E-state index contributed by atoms with van der Waals surface area (Å²) in [6.45, 7) is 5.38. The van der Waals surface area contributed by atoms with Crippen LogP contribution in [0, 0.1) is 5.92 Å². The van der Waals surface area contributed by atoms with E-state index in [0.29, 0.717) is 12.3 Å². The normalized spacial score (nSPS) is 18.1. The minimum Gasteiger partial charge on any atom is -0.481 e. The van der Waals surface area contributed by atoms with Crippen LogP contribution in [0.15, 0.2) is 0 Å². The number of fused-ring (bicyclic) bond motifs is 1. The number of aromatic nitrogens is 1. The van der Waals surface area contributed by atoms with E-state index in [-0.39, 0.29) is 5.92 Å². The summed E-state index contributed by atoms with van der Waals surface area (Å²) in [4.78, 5) is 18.9. The zero-order chi connectivity index (χ0) is 13.3. The molecule has 0 radical (unpaired) electrons. The fraction of sp³-hybridized carbons (Fsp3) is 0.692. The van der Waals surface area contributed by atoms with Crippen molar-refractivity contribution in [2.24, 2.45) is 5.92 Å². The Labute approximate surface area is 112 Å². The van der Waals surface area contributed by atoms with Crippen molar-refractivity contribution in [3.63, 3.8) is 0 Å². The van der Waals surface area contributed by atoms with Crippen molar-refractivity contribution in [2.75, 3.05) is 18.5 Å². The van der Waals surface area contributed by atoms with Gasteiger partial charge in [0.1, 0.15) is 5.92 Å². The summed E-state index contributed by atoms with van der Waals surface area (Å²) >= 11 is 1.65. The summed E-state index contributed by atoms with van der Waals surface area (Å²) < 4.78 is 0. The molecule has 1 aliphatic rings. The van der Waals surface area contributed by atoms with Crippen LogP contribution in [0.1, 0.15) is 43.2 Å². The van der Waals surface area contributed by atoms with E-state index in [1.807, 2.05) is 7.05 Å². The van der Waals surface area contributed by atoms with E-state index in [2.05, 4.69) is 23.7 Å². The van der Waals surface area contributed by atoms with Gasteiger partial charge in [-0.3, -0.25) is 4.79 Å². The van der Waals surface area contributed by atoms with Gasteiger partial charge in [0, 0.05) is 18.5 Å². The highest BCUT2D eigenvalue weighted by atomic mass is 32.1. The van der Waals surface area contributed by atoms with E-state index < -0.39 is 5.97 Å². The Morgan fingerprint density at radius 2 is 2.33 bits per heavy atom. The molecule has 1 unspecified atom stereocenters. The molecule has 0 saturated heterocycles. The number of aryl methyl sites for hydroxylation is 1. The lowest BCUT2D eigenvalue weighted by Crippen LogP contribution is -2.20. The summed E-state index contributed by atoms with van der Waals surface area (Å²) in [7, 11) is 2.03. The van der Waals surface area contributed by atoms with Crippen LogP contribution in [0.2, 0.25) is 0 Å². The van der Waals surface area contributed by atoms with E-state index in [4.69, 9.17) is 5.11 Å². The minimum absolute atomic E-state index is 0.386. The first kappa shape index (κ1) is 13.3. The highest BCUT2D eigenvalue weighted by molar-refractivity contribution is 7.15. The molecule has 0 aromatic carbocycles. The number of hydrogen-bond donors (Lipinski definition) is 1. The van der Waals surface area contributed by atoms with E-state index in [1.165, 1.54) is 0 Å². The molecule has 100 valence electrons. The first-order valence-electron chi connectivity index (χ1n) is 6.42. The number of rotatable bonds is 5. The SMILES string of the molecule is CC(C)CCN(C)c1nc2c(s1)CCC2C(=O)O. The number of nitrogens with zero attached hydrogens (tertiary/aromatic N) is 2. The standard InChI is InChI=1S/C13H20N2O2S/c1-8(2)6-7-15(3)13-14-11-9(12(16)17)4-5-10(11)18-13/h8-9H,4-7H2,1-3H3,(H,16,17). The third kappa shape index (κ3) is 2.66. The Morgan fingerprint density at radius 3 is 2.94 bits per heavy atom. The van der Waals surface area contributed by atoms with Crippen molar-refractivity contribution in [2.45, 2.75) is 39.0 Å². The molecule has 0 bridgehead atoms. The van der Waals surface area contributed by atoms with Gasteiger partial charge in [-0.05, 0) is 25.2 Å². The Morgan fingerprint density at radius 1 is 1.61 bits per heavy atom. The van der Waals surface area contributed by atoms with E-state index in [9.17, 15) is 4.79 Å². The molecule has 1 atom stereocenters. The largest absolute Gasteiger partial charge is 0.481 e. The molecule has 1 N–H and O–H groups in total. The number of carboxylic acid groups (broad SMARTS) is 1. The van der Waals surface area contributed by atoms with Crippen LogP contribution in [0.5, 0.6) is 0 Å². The number of anilines is 1. The smallest absolute Gasteiger partial charge is 0.312 e. The summed E-state index contributed by atoms with van der Waals surface area (Å²) in [6.07, 6.45) is 2.70. The van der Waals surface area contributed by atoms with Crippen molar-refractivity contribution in [3.05, 3.63) is 10.6 Å². The molecule has 0 amide bonds. The minimum atomic E-state index is -0.740. The van der Waals surface area contributed by atoms with E-state index >= 15 is 0 Å². The molecule has 5 heteroatoms. The molecular weight excluding hydrogens is 248 g/mol. The quantitative estimate of drug-likeness (QED) is 0.892. The Bertz CT molecular complexity index is 442. The molecule has 1 aliphatic carbocycles. The van der Waals surface area contributed by atoms with Crippen LogP contribution in [-0.2, 0) is 11.2 Å². The Hall–Kier alpha value is -1.10. The molecule has 1 heterocycles. The monoisotopic (exact) mass is 268 g/mol. The number of thiazole rings is 1. The van der Waals surface area contributed by atoms with Crippen LogP contribution >= 0.6 is 11.3 Å². The van der Waals surface area contributed by atoms with Gasteiger partial charge in [-0.25, -0.2) is 4.98 Å². The van der Waals surface area contributed by atoms with Crippen LogP contribution in [-0.4, -0.2) is 29.7 Å². The lowest BCUT2D eigenvalue weighted by molar-refractivity contribution is -0.138. The second kappa shape index (κ2) is 5.26. The maximum absolute atomic E-state index is 11.1. The van der Waals surface area contributed by atoms with Crippen molar-refractivity contribution in [1.82, 2.24) is 4.98 Å². The second-order valence-electron chi connectivity index (χ2n) is 5.34. The fourth-order valence-electron chi connectivity index (χ4n) is 2.17. The van der Waals surface area contributed by atoms with Gasteiger partial charge in [-0.1, -0.05) is 13.8 Å². The van der Waals surface area contributed by atoms with Crippen LogP contribution in [0.4, 0.5) is 5.13 Å². The van der Waals surface area contributed by atoms with Gasteiger partial charge in [0.05, 0.1) is 5.69 Å². The first-order chi connectivity index (χ1) is 8.49. The first-order valence-corrected chi connectivity index (χ1v) is 7.24. The van der Waals surface area contributed by atoms with Crippen LogP contribution < -0.4 is 4.90 Å². The zero-order valence-corrected chi connectivity index (χ0v) is 12.0. The zero-order valence-electron chi connectivity index (χ0n) is 11.1. The van der Waals surface area contributed by atoms with Gasteiger partial charge in [0.25, 0.3) is 0 Å². The molecule has 1 aromatic rings. The number of carbonyl (C=O) groups is 1. The van der Waals surface area contributed by atoms with Gasteiger partial charge in [0.15, 0.2) is 5.13 Å². The molecular formula is C13H20N2O2S. The van der Waals surface area contributed by atoms with Crippen molar-refractivity contribution < 1.29 is 9.90 Å². The lowest BCUT2D eigenvalue weighted by Gasteiger charge is -2.17. The predicted octanol–water partition coefficient (Wildman–Crippen LogP) is 2.74. The number of hydrogen-bond acceptors (Lipinski definition) is 4. The van der Waals surface area contributed by atoms with Gasteiger partial charge in [-0.2, -0.15) is 0 Å². The van der Waals surface area contributed by atoms with Crippen molar-refractivity contribution in [3.8, 4) is 0 Å². The lowest BCUT2D eigenvalue weighted by atomic mass is 10.1. The molecule has 0 spiro atoms. The maximum Gasteiger partial charge on any atom is 0.312 e. The van der Waals surface area contributed by atoms with Crippen LogP contribution in [0.25, 0.3) is 0 Å².